The molecule has 0 bridgehead atoms. The van der Waals surface area contributed by atoms with Crippen LogP contribution in [0.3, 0.4) is 0 Å². The molecule has 2 N–H and O–H groups in total. The van der Waals surface area contributed by atoms with Crippen LogP contribution in [0.2, 0.25) is 0 Å². The van der Waals surface area contributed by atoms with Crippen LogP contribution in [0.4, 0.5) is 14.5 Å². The summed E-state index contributed by atoms with van der Waals surface area (Å²) in [6.45, 7) is -2.37. The van der Waals surface area contributed by atoms with Gasteiger partial charge in [0, 0.05) is 12.2 Å². The summed E-state index contributed by atoms with van der Waals surface area (Å²) >= 11 is 0. The largest absolute Gasteiger partial charge is 0.493 e. The summed E-state index contributed by atoms with van der Waals surface area (Å²) in [5.41, 5.74) is 7.88. The van der Waals surface area contributed by atoms with Gasteiger partial charge in [-0.1, -0.05) is 24.3 Å². The van der Waals surface area contributed by atoms with E-state index in [0.717, 1.165) is 11.3 Å². The quantitative estimate of drug-likeness (QED) is 0.768. The molecule has 0 amide bonds. The Hall–Kier alpha value is -2.34. The third-order valence-corrected chi connectivity index (χ3v) is 2.74. The number of nitrogens with one attached hydrogen (secondary N) is 2. The number of alkyl halides is 2. The Bertz CT molecular complexity index is 565. The van der Waals surface area contributed by atoms with E-state index in [2.05, 4.69) is 15.6 Å². The first-order valence-electron chi connectivity index (χ1n) is 6.34. The van der Waals surface area contributed by atoms with Crippen LogP contribution in [0.25, 0.3) is 0 Å². The van der Waals surface area contributed by atoms with Crippen LogP contribution in [0.1, 0.15) is 5.56 Å². The summed E-state index contributed by atoms with van der Waals surface area (Å²) in [6.07, 6.45) is 0. The average molecular weight is 294 g/mol. The Balaban J connectivity index is 1.94. The molecule has 0 fully saturated rings. The lowest BCUT2D eigenvalue weighted by Crippen LogP contribution is -2.20. The van der Waals surface area contributed by atoms with E-state index in [-0.39, 0.29) is 11.5 Å². The van der Waals surface area contributed by atoms with Crippen molar-refractivity contribution < 1.29 is 18.3 Å². The first-order chi connectivity index (χ1) is 10.2. The lowest BCUT2D eigenvalue weighted by atomic mass is 10.2. The number of hydrogen-bond acceptors (Lipinski definition) is 4. The molecule has 0 unspecified atom stereocenters. The van der Waals surface area contributed by atoms with E-state index in [9.17, 15) is 8.78 Å². The zero-order valence-corrected chi connectivity index (χ0v) is 11.5. The number of anilines is 1. The number of rotatable bonds is 7. The van der Waals surface area contributed by atoms with E-state index in [0.29, 0.717) is 6.54 Å². The van der Waals surface area contributed by atoms with E-state index < -0.39 is 6.61 Å². The van der Waals surface area contributed by atoms with Crippen molar-refractivity contribution in [1.82, 2.24) is 5.43 Å². The van der Waals surface area contributed by atoms with Crippen molar-refractivity contribution in [3.8, 4) is 11.5 Å². The highest BCUT2D eigenvalue weighted by atomic mass is 19.3. The van der Waals surface area contributed by atoms with Crippen LogP contribution in [0, 0.1) is 0 Å². The van der Waals surface area contributed by atoms with Gasteiger partial charge in [0.15, 0.2) is 11.5 Å². The number of hydrazine groups is 1. The minimum Gasteiger partial charge on any atom is -0.493 e. The molecule has 112 valence electrons. The molecule has 2 rings (SSSR count). The maximum atomic E-state index is 12.2. The van der Waals surface area contributed by atoms with Gasteiger partial charge in [0.25, 0.3) is 0 Å². The monoisotopic (exact) mass is 294 g/mol. The van der Waals surface area contributed by atoms with Gasteiger partial charge in [0.2, 0.25) is 0 Å². The molecule has 4 nitrogen and oxygen atoms in total. The van der Waals surface area contributed by atoms with Gasteiger partial charge in [0.05, 0.1) is 7.11 Å². The van der Waals surface area contributed by atoms with Crippen molar-refractivity contribution in [3.05, 3.63) is 54.1 Å². The topological polar surface area (TPSA) is 42.5 Å². The first kappa shape index (κ1) is 15.1. The van der Waals surface area contributed by atoms with Crippen LogP contribution in [-0.2, 0) is 6.54 Å². The summed E-state index contributed by atoms with van der Waals surface area (Å²) in [4.78, 5) is 0. The van der Waals surface area contributed by atoms with Crippen molar-refractivity contribution in [1.29, 1.82) is 0 Å². The van der Waals surface area contributed by atoms with Crippen LogP contribution >= 0.6 is 0 Å². The fraction of sp³-hybridized carbons (Fsp3) is 0.200. The molecule has 0 saturated carbocycles. The summed E-state index contributed by atoms with van der Waals surface area (Å²) in [5.74, 6) is 0.293. The Kier molecular flexibility index (Phi) is 5.34. The molecule has 0 atom stereocenters. The van der Waals surface area contributed by atoms with Gasteiger partial charge in [-0.2, -0.15) is 8.78 Å². The van der Waals surface area contributed by atoms with Crippen LogP contribution in [-0.4, -0.2) is 13.7 Å². The molecule has 0 radical (unpaired) electrons. The smallest absolute Gasteiger partial charge is 0.387 e. The third-order valence-electron chi connectivity index (χ3n) is 2.74. The zero-order valence-electron chi connectivity index (χ0n) is 11.5. The van der Waals surface area contributed by atoms with Gasteiger partial charge in [-0.3, -0.25) is 0 Å². The first-order valence-corrected chi connectivity index (χ1v) is 6.34. The van der Waals surface area contributed by atoms with Crippen molar-refractivity contribution in [2.45, 2.75) is 13.2 Å². The van der Waals surface area contributed by atoms with E-state index in [1.54, 1.807) is 12.1 Å². The fourth-order valence-corrected chi connectivity index (χ4v) is 1.79. The van der Waals surface area contributed by atoms with Gasteiger partial charge < -0.3 is 14.9 Å². The van der Waals surface area contributed by atoms with Crippen LogP contribution in [0.5, 0.6) is 11.5 Å². The SMILES string of the molecule is COc1cc(CNNc2ccccc2)ccc1OC(F)F. The van der Waals surface area contributed by atoms with Crippen molar-refractivity contribution in [2.24, 2.45) is 0 Å². The minimum absolute atomic E-state index is 0.0206. The Morgan fingerprint density at radius 3 is 2.48 bits per heavy atom. The predicted molar refractivity (Wildman–Crippen MR) is 76.5 cm³/mol. The van der Waals surface area contributed by atoms with Gasteiger partial charge >= 0.3 is 6.61 Å². The average Bonchev–Trinajstić information content (AvgIpc) is 2.49. The van der Waals surface area contributed by atoms with Crippen molar-refractivity contribution >= 4 is 5.69 Å². The van der Waals surface area contributed by atoms with Crippen molar-refractivity contribution in [3.63, 3.8) is 0 Å². The molecule has 6 heteroatoms. The Morgan fingerprint density at radius 1 is 1.05 bits per heavy atom. The minimum atomic E-state index is -2.87. The highest BCUT2D eigenvalue weighted by Crippen LogP contribution is 2.29. The molecule has 0 spiro atoms. The number of methoxy groups -OCH3 is 1. The normalized spacial score (nSPS) is 10.5. The number of hydrogen-bond donors (Lipinski definition) is 2. The van der Waals surface area contributed by atoms with E-state index in [1.165, 1.54) is 13.2 Å². The van der Waals surface area contributed by atoms with Crippen LogP contribution < -0.4 is 20.3 Å². The highest BCUT2D eigenvalue weighted by Gasteiger charge is 2.10. The molecule has 0 aliphatic heterocycles. The Labute approximate surface area is 121 Å². The highest BCUT2D eigenvalue weighted by molar-refractivity contribution is 5.44. The molecule has 2 aromatic rings. The summed E-state index contributed by atoms with van der Waals surface area (Å²) < 4.78 is 33.9. The second-order valence-electron chi connectivity index (χ2n) is 4.21. The summed E-state index contributed by atoms with van der Waals surface area (Å²) in [5, 5.41) is 0. The molecule has 0 aliphatic rings. The standard InChI is InChI=1S/C15H16F2N2O2/c1-20-14-9-11(7-8-13(14)21-15(16)17)10-18-19-12-5-3-2-4-6-12/h2-9,15,18-19H,10H2,1H3. The van der Waals surface area contributed by atoms with Gasteiger partial charge in [0.1, 0.15) is 0 Å². The molecule has 0 heterocycles. The number of benzene rings is 2. The number of ether oxygens (including phenoxy) is 2. The molecule has 2 aromatic carbocycles. The van der Waals surface area contributed by atoms with Gasteiger partial charge in [-0.25, -0.2) is 5.43 Å². The Morgan fingerprint density at radius 2 is 1.81 bits per heavy atom. The molecule has 0 saturated heterocycles. The second-order valence-corrected chi connectivity index (χ2v) is 4.21. The number of halogens is 2. The summed E-state index contributed by atoms with van der Waals surface area (Å²) in [6, 6.07) is 14.4. The number of para-hydroxylation sites is 1. The van der Waals surface area contributed by atoms with Gasteiger partial charge in [-0.05, 0) is 29.8 Å². The maximum Gasteiger partial charge on any atom is 0.387 e. The molecular formula is C15H16F2N2O2. The van der Waals surface area contributed by atoms with E-state index >= 15 is 0 Å². The lowest BCUT2D eigenvalue weighted by molar-refractivity contribution is -0.0512. The van der Waals surface area contributed by atoms with E-state index in [1.807, 2.05) is 30.3 Å². The predicted octanol–water partition coefficient (Wildman–Crippen LogP) is 3.41. The van der Waals surface area contributed by atoms with Crippen molar-refractivity contribution in [2.75, 3.05) is 12.5 Å². The second kappa shape index (κ2) is 7.44. The molecule has 21 heavy (non-hydrogen) atoms. The maximum absolute atomic E-state index is 12.2. The fourth-order valence-electron chi connectivity index (χ4n) is 1.79. The molecule has 0 aromatic heterocycles. The third kappa shape index (κ3) is 4.61. The molecular weight excluding hydrogens is 278 g/mol. The van der Waals surface area contributed by atoms with E-state index in [4.69, 9.17) is 4.74 Å². The van der Waals surface area contributed by atoms with Crippen LogP contribution in [0.15, 0.2) is 48.5 Å². The zero-order chi connectivity index (χ0) is 15.1. The van der Waals surface area contributed by atoms with Gasteiger partial charge in [-0.15, -0.1) is 0 Å². The lowest BCUT2D eigenvalue weighted by Gasteiger charge is -2.12. The molecule has 0 aliphatic carbocycles. The summed E-state index contributed by atoms with van der Waals surface area (Å²) in [7, 11) is 1.41.